The Balaban J connectivity index is 1.74. The van der Waals surface area contributed by atoms with Crippen LogP contribution in [0.3, 0.4) is 0 Å². The summed E-state index contributed by atoms with van der Waals surface area (Å²) in [7, 11) is -2.24. The van der Waals surface area contributed by atoms with E-state index in [0.29, 0.717) is 17.1 Å². The van der Waals surface area contributed by atoms with Crippen molar-refractivity contribution < 1.29 is 22.7 Å². The lowest BCUT2D eigenvalue weighted by Crippen LogP contribution is -2.28. The van der Waals surface area contributed by atoms with Crippen molar-refractivity contribution in [3.05, 3.63) is 42.5 Å². The van der Waals surface area contributed by atoms with Crippen molar-refractivity contribution in [1.82, 2.24) is 0 Å². The van der Waals surface area contributed by atoms with Gasteiger partial charge in [-0.15, -0.1) is 11.8 Å². The van der Waals surface area contributed by atoms with Crippen molar-refractivity contribution >= 4 is 44.8 Å². The molecule has 1 heterocycles. The van der Waals surface area contributed by atoms with Gasteiger partial charge in [-0.2, -0.15) is 0 Å². The Labute approximate surface area is 174 Å². The molecule has 9 heteroatoms. The summed E-state index contributed by atoms with van der Waals surface area (Å²) in [5, 5.41) is 5.20. The van der Waals surface area contributed by atoms with Gasteiger partial charge in [0.2, 0.25) is 11.8 Å². The van der Waals surface area contributed by atoms with Gasteiger partial charge < -0.3 is 15.4 Å². The molecule has 1 aliphatic rings. The fourth-order valence-electron chi connectivity index (χ4n) is 2.89. The number of amides is 2. The number of para-hydroxylation sites is 2. The number of ether oxygens (including phenoxy) is 1. The van der Waals surface area contributed by atoms with Crippen LogP contribution >= 0.6 is 11.8 Å². The number of fused-ring (bicyclic) bond motifs is 1. The van der Waals surface area contributed by atoms with E-state index in [0.717, 1.165) is 4.90 Å². The predicted molar refractivity (Wildman–Crippen MR) is 113 cm³/mol. The molecule has 0 radical (unpaired) electrons. The van der Waals surface area contributed by atoms with Gasteiger partial charge in [0.05, 0.1) is 34.4 Å². The zero-order valence-electron chi connectivity index (χ0n) is 16.3. The summed E-state index contributed by atoms with van der Waals surface area (Å²) in [6, 6.07) is 11.6. The SMILES string of the molecule is COc1ccccc1NC(=O)[C@H](C)CS(=O)(=O)c1ccc2c(c1)NC(=O)[C@H](C)S2. The Hall–Kier alpha value is -2.52. The van der Waals surface area contributed by atoms with Crippen molar-refractivity contribution in [2.75, 3.05) is 23.5 Å². The van der Waals surface area contributed by atoms with Gasteiger partial charge in [0, 0.05) is 10.8 Å². The van der Waals surface area contributed by atoms with E-state index in [9.17, 15) is 18.0 Å². The Morgan fingerprint density at radius 2 is 2.00 bits per heavy atom. The van der Waals surface area contributed by atoms with Crippen LogP contribution < -0.4 is 15.4 Å². The van der Waals surface area contributed by atoms with Crippen LogP contribution in [0.4, 0.5) is 11.4 Å². The highest BCUT2D eigenvalue weighted by atomic mass is 32.2. The van der Waals surface area contributed by atoms with E-state index in [1.54, 1.807) is 44.2 Å². The lowest BCUT2D eigenvalue weighted by Gasteiger charge is -2.22. The number of rotatable bonds is 6. The Morgan fingerprint density at radius 3 is 2.72 bits per heavy atom. The fraction of sp³-hybridized carbons (Fsp3) is 0.300. The molecule has 2 atom stereocenters. The average Bonchev–Trinajstić information content (AvgIpc) is 2.68. The minimum absolute atomic E-state index is 0.0728. The summed E-state index contributed by atoms with van der Waals surface area (Å²) in [4.78, 5) is 25.3. The van der Waals surface area contributed by atoms with Gasteiger partial charge in [0.25, 0.3) is 0 Å². The zero-order chi connectivity index (χ0) is 21.2. The van der Waals surface area contributed by atoms with Gasteiger partial charge in [-0.1, -0.05) is 19.1 Å². The van der Waals surface area contributed by atoms with Gasteiger partial charge >= 0.3 is 0 Å². The van der Waals surface area contributed by atoms with E-state index in [1.165, 1.54) is 31.0 Å². The Kier molecular flexibility index (Phi) is 6.18. The number of nitrogens with one attached hydrogen (secondary N) is 2. The van der Waals surface area contributed by atoms with E-state index in [2.05, 4.69) is 10.6 Å². The highest BCUT2D eigenvalue weighted by Crippen LogP contribution is 2.37. The number of methoxy groups -OCH3 is 1. The first-order valence-corrected chi connectivity index (χ1v) is 11.5. The fourth-order valence-corrected chi connectivity index (χ4v) is 5.39. The first kappa shape index (κ1) is 21.2. The van der Waals surface area contributed by atoms with Gasteiger partial charge in [0.1, 0.15) is 5.75 Å². The summed E-state index contributed by atoms with van der Waals surface area (Å²) in [6.45, 7) is 3.34. The third-order valence-corrected chi connectivity index (χ3v) is 7.61. The molecule has 0 aromatic heterocycles. The maximum absolute atomic E-state index is 12.8. The lowest BCUT2D eigenvalue weighted by atomic mass is 10.2. The number of carbonyl (C=O) groups excluding carboxylic acids is 2. The molecule has 1 aliphatic heterocycles. The minimum Gasteiger partial charge on any atom is -0.495 e. The van der Waals surface area contributed by atoms with Crippen LogP contribution in [-0.2, 0) is 19.4 Å². The molecule has 7 nitrogen and oxygen atoms in total. The maximum Gasteiger partial charge on any atom is 0.237 e. The number of sulfone groups is 1. The molecule has 0 unspecified atom stereocenters. The van der Waals surface area contributed by atoms with Gasteiger partial charge in [-0.25, -0.2) is 8.42 Å². The molecule has 29 heavy (non-hydrogen) atoms. The second-order valence-electron chi connectivity index (χ2n) is 6.78. The molecular weight excluding hydrogens is 412 g/mol. The van der Waals surface area contributed by atoms with E-state index in [1.807, 2.05) is 0 Å². The molecule has 3 rings (SSSR count). The molecule has 2 amide bonds. The second-order valence-corrected chi connectivity index (χ2v) is 10.2. The number of benzene rings is 2. The number of hydrogen-bond acceptors (Lipinski definition) is 6. The molecule has 154 valence electrons. The van der Waals surface area contributed by atoms with Crippen molar-refractivity contribution in [2.24, 2.45) is 5.92 Å². The van der Waals surface area contributed by atoms with Crippen LogP contribution in [0.15, 0.2) is 52.3 Å². The normalized spacial score (nSPS) is 17.1. The molecule has 0 fully saturated rings. The Morgan fingerprint density at radius 1 is 1.28 bits per heavy atom. The maximum atomic E-state index is 12.8. The molecule has 0 aliphatic carbocycles. The molecule has 0 saturated carbocycles. The topological polar surface area (TPSA) is 102 Å². The zero-order valence-corrected chi connectivity index (χ0v) is 17.9. The van der Waals surface area contributed by atoms with Crippen molar-refractivity contribution in [1.29, 1.82) is 0 Å². The molecule has 2 N–H and O–H groups in total. The molecular formula is C20H22N2O5S2. The van der Waals surface area contributed by atoms with Gasteiger partial charge in [-0.05, 0) is 37.3 Å². The van der Waals surface area contributed by atoms with E-state index >= 15 is 0 Å². The highest BCUT2D eigenvalue weighted by molar-refractivity contribution is 8.01. The largest absolute Gasteiger partial charge is 0.495 e. The summed E-state index contributed by atoms with van der Waals surface area (Å²) in [6.07, 6.45) is 0. The number of thioether (sulfide) groups is 1. The van der Waals surface area contributed by atoms with Gasteiger partial charge in [0.15, 0.2) is 9.84 Å². The minimum atomic E-state index is -3.73. The molecule has 2 aromatic rings. The van der Waals surface area contributed by atoms with Crippen LogP contribution in [-0.4, -0.2) is 38.3 Å². The molecule has 2 aromatic carbocycles. The van der Waals surface area contributed by atoms with Crippen LogP contribution in [0.5, 0.6) is 5.75 Å². The summed E-state index contributed by atoms with van der Waals surface area (Å²) >= 11 is 1.38. The second kappa shape index (κ2) is 8.46. The van der Waals surface area contributed by atoms with Crippen LogP contribution in [0.25, 0.3) is 0 Å². The quantitative estimate of drug-likeness (QED) is 0.724. The predicted octanol–water partition coefficient (Wildman–Crippen LogP) is 3.18. The average molecular weight is 435 g/mol. The first-order valence-electron chi connectivity index (χ1n) is 8.99. The molecule has 0 spiro atoms. The summed E-state index contributed by atoms with van der Waals surface area (Å²) in [5.74, 6) is -1.24. The van der Waals surface area contributed by atoms with Crippen molar-refractivity contribution in [3.8, 4) is 5.75 Å². The van der Waals surface area contributed by atoms with Gasteiger partial charge in [-0.3, -0.25) is 9.59 Å². The third-order valence-electron chi connectivity index (χ3n) is 4.52. The standard InChI is InChI=1S/C20H22N2O5S2/c1-12(19(23)21-15-6-4-5-7-17(15)27-3)11-29(25,26)14-8-9-18-16(10-14)22-20(24)13(2)28-18/h4-10,12-13H,11H2,1-3H3,(H,21,23)(H,22,24)/t12-,13+/m1/s1. The number of carbonyl (C=O) groups is 2. The van der Waals surface area contributed by atoms with Crippen molar-refractivity contribution in [3.63, 3.8) is 0 Å². The third kappa shape index (κ3) is 4.73. The molecule has 0 saturated heterocycles. The first-order chi connectivity index (χ1) is 13.7. The summed E-state index contributed by atoms with van der Waals surface area (Å²) < 4.78 is 30.9. The van der Waals surface area contributed by atoms with Crippen LogP contribution in [0.1, 0.15) is 13.8 Å². The van der Waals surface area contributed by atoms with E-state index in [4.69, 9.17) is 4.74 Å². The monoisotopic (exact) mass is 434 g/mol. The van der Waals surface area contributed by atoms with Crippen LogP contribution in [0.2, 0.25) is 0 Å². The number of hydrogen-bond donors (Lipinski definition) is 2. The molecule has 0 bridgehead atoms. The summed E-state index contributed by atoms with van der Waals surface area (Å²) in [5.41, 5.74) is 0.956. The lowest BCUT2D eigenvalue weighted by molar-refractivity contribution is -0.119. The van der Waals surface area contributed by atoms with Crippen molar-refractivity contribution in [2.45, 2.75) is 28.9 Å². The Bertz CT molecular complexity index is 1050. The van der Waals surface area contributed by atoms with E-state index < -0.39 is 21.7 Å². The smallest absolute Gasteiger partial charge is 0.237 e. The van der Waals surface area contributed by atoms with E-state index in [-0.39, 0.29) is 21.8 Å². The number of anilines is 2. The van der Waals surface area contributed by atoms with Crippen LogP contribution in [0, 0.1) is 5.92 Å². The highest BCUT2D eigenvalue weighted by Gasteiger charge is 2.27.